The monoisotopic (exact) mass is 396 g/mol. The highest BCUT2D eigenvalue weighted by molar-refractivity contribution is 7.93. The van der Waals surface area contributed by atoms with Gasteiger partial charge in [0.25, 0.3) is 10.0 Å². The molecule has 0 spiro atoms. The van der Waals surface area contributed by atoms with E-state index >= 15 is 0 Å². The SMILES string of the molecule is Cc1ccc(S(=O)(=O)Nc2nc3ccc(S(C)(=O)=O)cc3s2)cc1C. The van der Waals surface area contributed by atoms with Crippen molar-refractivity contribution in [2.75, 3.05) is 11.0 Å². The zero-order valence-electron chi connectivity index (χ0n) is 13.8. The van der Waals surface area contributed by atoms with Crippen LogP contribution in [0.15, 0.2) is 46.2 Å². The maximum atomic E-state index is 12.5. The normalized spacial score (nSPS) is 12.4. The van der Waals surface area contributed by atoms with E-state index < -0.39 is 19.9 Å². The van der Waals surface area contributed by atoms with Crippen LogP contribution in [0.25, 0.3) is 10.2 Å². The topological polar surface area (TPSA) is 93.2 Å². The summed E-state index contributed by atoms with van der Waals surface area (Å²) < 4.78 is 51.4. The van der Waals surface area contributed by atoms with Gasteiger partial charge < -0.3 is 0 Å². The van der Waals surface area contributed by atoms with Crippen LogP contribution in [-0.4, -0.2) is 28.1 Å². The van der Waals surface area contributed by atoms with E-state index in [4.69, 9.17) is 0 Å². The van der Waals surface area contributed by atoms with E-state index in [9.17, 15) is 16.8 Å². The molecule has 3 rings (SSSR count). The third-order valence-electron chi connectivity index (χ3n) is 3.80. The third-order valence-corrected chi connectivity index (χ3v) is 7.31. The lowest BCUT2D eigenvalue weighted by atomic mass is 10.1. The summed E-state index contributed by atoms with van der Waals surface area (Å²) in [6.07, 6.45) is 1.12. The number of benzene rings is 2. The Labute approximate surface area is 150 Å². The number of thiazole rings is 1. The number of nitrogens with zero attached hydrogens (tertiary/aromatic N) is 1. The molecule has 0 amide bonds. The molecular weight excluding hydrogens is 380 g/mol. The molecule has 0 bridgehead atoms. The Kier molecular flexibility index (Phi) is 4.34. The van der Waals surface area contributed by atoms with E-state index in [-0.39, 0.29) is 14.9 Å². The van der Waals surface area contributed by atoms with Crippen LogP contribution in [0.4, 0.5) is 5.13 Å². The number of hydrogen-bond donors (Lipinski definition) is 1. The highest BCUT2D eigenvalue weighted by atomic mass is 32.2. The summed E-state index contributed by atoms with van der Waals surface area (Å²) in [6.45, 7) is 3.75. The largest absolute Gasteiger partial charge is 0.263 e. The first-order valence-electron chi connectivity index (χ1n) is 7.27. The van der Waals surface area contributed by atoms with Gasteiger partial charge >= 0.3 is 0 Å². The zero-order chi connectivity index (χ0) is 18.4. The molecule has 9 heteroatoms. The van der Waals surface area contributed by atoms with Gasteiger partial charge in [0.1, 0.15) is 0 Å². The Morgan fingerprint density at radius 1 is 0.920 bits per heavy atom. The smallest absolute Gasteiger partial charge is 0.255 e. The van der Waals surface area contributed by atoms with E-state index in [1.165, 1.54) is 12.1 Å². The van der Waals surface area contributed by atoms with Crippen molar-refractivity contribution < 1.29 is 16.8 Å². The molecule has 0 atom stereocenters. The molecule has 1 aromatic heterocycles. The molecule has 2 aromatic carbocycles. The molecule has 1 heterocycles. The summed E-state index contributed by atoms with van der Waals surface area (Å²) in [7, 11) is -7.09. The molecule has 0 saturated heterocycles. The number of anilines is 1. The molecular formula is C16H16N2O4S3. The average molecular weight is 397 g/mol. The number of aromatic nitrogens is 1. The maximum absolute atomic E-state index is 12.5. The van der Waals surface area contributed by atoms with Crippen molar-refractivity contribution in [2.45, 2.75) is 23.6 Å². The van der Waals surface area contributed by atoms with Gasteiger partial charge in [0.15, 0.2) is 15.0 Å². The fraction of sp³-hybridized carbons (Fsp3) is 0.188. The van der Waals surface area contributed by atoms with E-state index in [1.807, 2.05) is 13.8 Å². The summed E-state index contributed by atoms with van der Waals surface area (Å²) in [5, 5.41) is 0.193. The van der Waals surface area contributed by atoms with Crippen LogP contribution in [-0.2, 0) is 19.9 Å². The van der Waals surface area contributed by atoms with E-state index in [0.717, 1.165) is 28.7 Å². The van der Waals surface area contributed by atoms with Crippen molar-refractivity contribution in [2.24, 2.45) is 0 Å². The van der Waals surface area contributed by atoms with Gasteiger partial charge in [-0.3, -0.25) is 4.72 Å². The van der Waals surface area contributed by atoms with E-state index in [1.54, 1.807) is 24.3 Å². The van der Waals surface area contributed by atoms with E-state index in [2.05, 4.69) is 9.71 Å². The quantitative estimate of drug-likeness (QED) is 0.731. The van der Waals surface area contributed by atoms with Gasteiger partial charge in [0.05, 0.1) is 20.0 Å². The Hall–Kier alpha value is -1.97. The molecule has 0 radical (unpaired) electrons. The average Bonchev–Trinajstić information content (AvgIpc) is 2.89. The minimum absolute atomic E-state index is 0.159. The van der Waals surface area contributed by atoms with Crippen molar-refractivity contribution in [3.05, 3.63) is 47.5 Å². The molecule has 0 saturated carbocycles. The molecule has 0 aliphatic carbocycles. The van der Waals surface area contributed by atoms with Gasteiger partial charge in [-0.1, -0.05) is 17.4 Å². The molecule has 0 aliphatic rings. The predicted molar refractivity (Wildman–Crippen MR) is 99.5 cm³/mol. The van der Waals surface area contributed by atoms with Crippen LogP contribution in [0, 0.1) is 13.8 Å². The number of aryl methyl sites for hydroxylation is 2. The second-order valence-electron chi connectivity index (χ2n) is 5.77. The molecule has 6 nitrogen and oxygen atoms in total. The minimum atomic E-state index is -3.76. The highest BCUT2D eigenvalue weighted by Gasteiger charge is 2.18. The maximum Gasteiger partial charge on any atom is 0.263 e. The number of fused-ring (bicyclic) bond motifs is 1. The van der Waals surface area contributed by atoms with Crippen LogP contribution in [0.1, 0.15) is 11.1 Å². The van der Waals surface area contributed by atoms with Crippen LogP contribution in [0.5, 0.6) is 0 Å². The van der Waals surface area contributed by atoms with Crippen LogP contribution < -0.4 is 4.72 Å². The van der Waals surface area contributed by atoms with E-state index in [0.29, 0.717) is 10.2 Å². The molecule has 0 fully saturated rings. The standard InChI is InChI=1S/C16H16N2O4S3/c1-10-4-5-13(8-11(10)2)25(21,22)18-16-17-14-7-6-12(24(3,19)20)9-15(14)23-16/h4-9H,1-3H3,(H,17,18). The van der Waals surface area contributed by atoms with Crippen molar-refractivity contribution >= 4 is 46.5 Å². The van der Waals surface area contributed by atoms with Gasteiger partial charge in [0.2, 0.25) is 0 Å². The first-order valence-corrected chi connectivity index (χ1v) is 11.5. The fourth-order valence-corrected chi connectivity index (χ4v) is 5.18. The molecule has 132 valence electrons. The lowest BCUT2D eigenvalue weighted by Gasteiger charge is -2.07. The molecule has 25 heavy (non-hydrogen) atoms. The molecule has 0 aliphatic heterocycles. The second-order valence-corrected chi connectivity index (χ2v) is 10.5. The zero-order valence-corrected chi connectivity index (χ0v) is 16.2. The van der Waals surface area contributed by atoms with Gasteiger partial charge in [-0.25, -0.2) is 21.8 Å². The Bertz CT molecular complexity index is 1180. The minimum Gasteiger partial charge on any atom is -0.255 e. The van der Waals surface area contributed by atoms with Crippen molar-refractivity contribution in [3.8, 4) is 0 Å². The number of hydrogen-bond acceptors (Lipinski definition) is 6. The Morgan fingerprint density at radius 2 is 1.60 bits per heavy atom. The third kappa shape index (κ3) is 3.68. The lowest BCUT2D eigenvalue weighted by molar-refractivity contribution is 0.600. The van der Waals surface area contributed by atoms with Gasteiger partial charge in [-0.2, -0.15) is 0 Å². The first kappa shape index (κ1) is 17.8. The lowest BCUT2D eigenvalue weighted by Crippen LogP contribution is -2.13. The number of sulfonamides is 1. The molecule has 3 aromatic rings. The Balaban J connectivity index is 1.98. The van der Waals surface area contributed by atoms with Crippen LogP contribution >= 0.6 is 11.3 Å². The summed E-state index contributed by atoms with van der Waals surface area (Å²) in [6, 6.07) is 9.42. The predicted octanol–water partition coefficient (Wildman–Crippen LogP) is 3.12. The molecule has 1 N–H and O–H groups in total. The summed E-state index contributed by atoms with van der Waals surface area (Å²) in [5.41, 5.74) is 2.42. The van der Waals surface area contributed by atoms with Crippen molar-refractivity contribution in [1.29, 1.82) is 0 Å². The van der Waals surface area contributed by atoms with Crippen molar-refractivity contribution in [3.63, 3.8) is 0 Å². The number of sulfone groups is 1. The van der Waals surface area contributed by atoms with Crippen molar-refractivity contribution in [1.82, 2.24) is 4.98 Å². The van der Waals surface area contributed by atoms with Crippen LogP contribution in [0.3, 0.4) is 0 Å². The summed E-state index contributed by atoms with van der Waals surface area (Å²) in [4.78, 5) is 4.55. The second kappa shape index (κ2) is 6.08. The molecule has 0 unspecified atom stereocenters. The first-order chi connectivity index (χ1) is 11.6. The van der Waals surface area contributed by atoms with Gasteiger partial charge in [-0.05, 0) is 55.3 Å². The number of rotatable bonds is 4. The van der Waals surface area contributed by atoms with Gasteiger partial charge in [0, 0.05) is 6.26 Å². The van der Waals surface area contributed by atoms with Crippen LogP contribution in [0.2, 0.25) is 0 Å². The summed E-state index contributed by atoms with van der Waals surface area (Å²) in [5.74, 6) is 0. The van der Waals surface area contributed by atoms with Gasteiger partial charge in [-0.15, -0.1) is 0 Å². The Morgan fingerprint density at radius 3 is 2.24 bits per heavy atom. The highest BCUT2D eigenvalue weighted by Crippen LogP contribution is 2.29. The number of nitrogens with one attached hydrogen (secondary N) is 1. The summed E-state index contributed by atoms with van der Waals surface area (Å²) >= 11 is 1.09. The fourth-order valence-electron chi connectivity index (χ4n) is 2.23.